The Bertz CT molecular complexity index is 938. The van der Waals surface area contributed by atoms with Crippen molar-refractivity contribution in [2.24, 2.45) is 0 Å². The van der Waals surface area contributed by atoms with Crippen molar-refractivity contribution in [2.45, 2.75) is 31.8 Å². The summed E-state index contributed by atoms with van der Waals surface area (Å²) in [6.07, 6.45) is 1.73. The number of hydrogen-bond acceptors (Lipinski definition) is 5. The molecule has 1 aliphatic rings. The Balaban J connectivity index is 1.26. The van der Waals surface area contributed by atoms with Crippen molar-refractivity contribution in [1.29, 1.82) is 0 Å². The van der Waals surface area contributed by atoms with Gasteiger partial charge in [-0.2, -0.15) is 0 Å². The maximum atomic E-state index is 12.3. The molecule has 0 aliphatic carbocycles. The molecular formula is C22H24N4O2. The van der Waals surface area contributed by atoms with Crippen LogP contribution in [-0.2, 0) is 24.2 Å². The molecule has 0 spiro atoms. The van der Waals surface area contributed by atoms with Crippen molar-refractivity contribution in [3.63, 3.8) is 0 Å². The van der Waals surface area contributed by atoms with Crippen LogP contribution in [0.25, 0.3) is 11.5 Å². The van der Waals surface area contributed by atoms with E-state index in [0.29, 0.717) is 37.2 Å². The number of rotatable bonds is 6. The number of carbonyl (C=O) groups excluding carboxylic acids is 1. The Morgan fingerprint density at radius 3 is 2.68 bits per heavy atom. The van der Waals surface area contributed by atoms with Gasteiger partial charge in [0.2, 0.25) is 17.7 Å². The molecule has 1 aliphatic heterocycles. The number of benzene rings is 2. The van der Waals surface area contributed by atoms with Gasteiger partial charge in [-0.1, -0.05) is 42.5 Å². The lowest BCUT2D eigenvalue weighted by molar-refractivity contribution is -0.121. The van der Waals surface area contributed by atoms with E-state index in [9.17, 15) is 4.79 Å². The van der Waals surface area contributed by atoms with Crippen LogP contribution < -0.4 is 5.32 Å². The number of aromatic nitrogens is 2. The molecule has 1 amide bonds. The fourth-order valence-corrected chi connectivity index (χ4v) is 3.54. The van der Waals surface area contributed by atoms with Gasteiger partial charge in [0, 0.05) is 37.5 Å². The van der Waals surface area contributed by atoms with Gasteiger partial charge in [0.1, 0.15) is 0 Å². The quantitative estimate of drug-likeness (QED) is 0.716. The second-order valence-electron chi connectivity index (χ2n) is 7.21. The van der Waals surface area contributed by atoms with E-state index in [0.717, 1.165) is 18.5 Å². The standard InChI is InChI=1S/C22H24N4O2/c1-26-15-18-10-6-5-9-17(18)13-19(26)14-23-20(27)11-12-21-24-25-22(28-21)16-7-3-2-4-8-16/h2-10,19H,11-15H2,1H3,(H,23,27). The van der Waals surface area contributed by atoms with Crippen LogP contribution in [0, 0.1) is 0 Å². The minimum atomic E-state index is 0.00622. The molecule has 3 aromatic rings. The zero-order valence-corrected chi connectivity index (χ0v) is 16.0. The van der Waals surface area contributed by atoms with Gasteiger partial charge in [-0.3, -0.25) is 9.69 Å². The van der Waals surface area contributed by atoms with E-state index in [4.69, 9.17) is 4.42 Å². The molecule has 0 bridgehead atoms. The molecule has 6 heteroatoms. The highest BCUT2D eigenvalue weighted by atomic mass is 16.4. The van der Waals surface area contributed by atoms with E-state index in [2.05, 4.69) is 51.7 Å². The first kappa shape index (κ1) is 18.4. The predicted octanol–water partition coefficient (Wildman–Crippen LogP) is 2.84. The van der Waals surface area contributed by atoms with Crippen LogP contribution in [0.15, 0.2) is 59.0 Å². The highest BCUT2D eigenvalue weighted by Crippen LogP contribution is 2.21. The van der Waals surface area contributed by atoms with Crippen molar-refractivity contribution in [3.05, 3.63) is 71.6 Å². The Hall–Kier alpha value is -2.99. The van der Waals surface area contributed by atoms with Gasteiger partial charge in [0.05, 0.1) is 0 Å². The summed E-state index contributed by atoms with van der Waals surface area (Å²) in [5.74, 6) is 0.975. The Labute approximate surface area is 164 Å². The third-order valence-electron chi connectivity index (χ3n) is 5.21. The second kappa shape index (κ2) is 8.35. The molecule has 1 unspecified atom stereocenters. The molecule has 2 aromatic carbocycles. The smallest absolute Gasteiger partial charge is 0.247 e. The third kappa shape index (κ3) is 4.28. The van der Waals surface area contributed by atoms with Gasteiger partial charge in [0.15, 0.2) is 0 Å². The van der Waals surface area contributed by atoms with Gasteiger partial charge >= 0.3 is 0 Å². The van der Waals surface area contributed by atoms with Gasteiger partial charge < -0.3 is 9.73 Å². The number of amides is 1. The van der Waals surface area contributed by atoms with Crippen LogP contribution in [-0.4, -0.2) is 40.6 Å². The molecule has 6 nitrogen and oxygen atoms in total. The number of likely N-dealkylation sites (N-methyl/N-ethyl adjacent to an activating group) is 1. The number of nitrogens with one attached hydrogen (secondary N) is 1. The van der Waals surface area contributed by atoms with E-state index in [-0.39, 0.29) is 5.91 Å². The van der Waals surface area contributed by atoms with Crippen molar-refractivity contribution in [3.8, 4) is 11.5 Å². The molecule has 144 valence electrons. The SMILES string of the molecule is CN1Cc2ccccc2CC1CNC(=O)CCc1nnc(-c2ccccc2)o1. The summed E-state index contributed by atoms with van der Waals surface area (Å²) >= 11 is 0. The Morgan fingerprint density at radius 2 is 1.86 bits per heavy atom. The summed E-state index contributed by atoms with van der Waals surface area (Å²) in [6, 6.07) is 18.4. The van der Waals surface area contributed by atoms with Gasteiger partial charge in [-0.05, 0) is 36.7 Å². The van der Waals surface area contributed by atoms with Crippen LogP contribution in [0.3, 0.4) is 0 Å². The highest BCUT2D eigenvalue weighted by Gasteiger charge is 2.23. The van der Waals surface area contributed by atoms with E-state index in [1.807, 2.05) is 30.3 Å². The Morgan fingerprint density at radius 1 is 1.11 bits per heavy atom. The first-order valence-electron chi connectivity index (χ1n) is 9.60. The molecule has 0 saturated heterocycles. The molecule has 28 heavy (non-hydrogen) atoms. The summed E-state index contributed by atoms with van der Waals surface area (Å²) in [4.78, 5) is 14.6. The van der Waals surface area contributed by atoms with Gasteiger partial charge in [-0.15, -0.1) is 10.2 Å². The maximum absolute atomic E-state index is 12.3. The molecule has 1 aromatic heterocycles. The normalized spacial score (nSPS) is 16.5. The molecule has 1 N–H and O–H groups in total. The average molecular weight is 376 g/mol. The minimum absolute atomic E-state index is 0.00622. The third-order valence-corrected chi connectivity index (χ3v) is 5.21. The van der Waals surface area contributed by atoms with Crippen LogP contribution >= 0.6 is 0 Å². The molecule has 4 rings (SSSR count). The van der Waals surface area contributed by atoms with Gasteiger partial charge in [-0.25, -0.2) is 0 Å². The maximum Gasteiger partial charge on any atom is 0.247 e. The predicted molar refractivity (Wildman–Crippen MR) is 106 cm³/mol. The summed E-state index contributed by atoms with van der Waals surface area (Å²) in [5, 5.41) is 11.2. The first-order valence-corrected chi connectivity index (χ1v) is 9.60. The fraction of sp³-hybridized carbons (Fsp3) is 0.318. The van der Waals surface area contributed by atoms with Crippen molar-refractivity contribution in [2.75, 3.05) is 13.6 Å². The summed E-state index contributed by atoms with van der Waals surface area (Å²) in [5.41, 5.74) is 3.63. The lowest BCUT2D eigenvalue weighted by Crippen LogP contribution is -2.45. The molecule has 0 fully saturated rings. The molecule has 0 saturated carbocycles. The lowest BCUT2D eigenvalue weighted by atomic mass is 9.94. The number of hydrogen-bond donors (Lipinski definition) is 1. The van der Waals surface area contributed by atoms with Crippen LogP contribution in [0.5, 0.6) is 0 Å². The monoisotopic (exact) mass is 376 g/mol. The second-order valence-corrected chi connectivity index (χ2v) is 7.21. The highest BCUT2D eigenvalue weighted by molar-refractivity contribution is 5.76. The number of aryl methyl sites for hydroxylation is 1. The number of nitrogens with zero attached hydrogens (tertiary/aromatic N) is 3. The zero-order chi connectivity index (χ0) is 19.3. The largest absolute Gasteiger partial charge is 0.421 e. The van der Waals surface area contributed by atoms with Crippen LogP contribution in [0.1, 0.15) is 23.4 Å². The average Bonchev–Trinajstić information content (AvgIpc) is 3.20. The molecule has 0 radical (unpaired) electrons. The number of fused-ring (bicyclic) bond motifs is 1. The van der Waals surface area contributed by atoms with Crippen molar-refractivity contribution < 1.29 is 9.21 Å². The lowest BCUT2D eigenvalue weighted by Gasteiger charge is -2.34. The topological polar surface area (TPSA) is 71.3 Å². The van der Waals surface area contributed by atoms with Crippen LogP contribution in [0.4, 0.5) is 0 Å². The summed E-state index contributed by atoms with van der Waals surface area (Å²) in [6.45, 7) is 1.56. The van der Waals surface area contributed by atoms with E-state index < -0.39 is 0 Å². The minimum Gasteiger partial charge on any atom is -0.421 e. The summed E-state index contributed by atoms with van der Waals surface area (Å²) in [7, 11) is 2.11. The number of carbonyl (C=O) groups is 1. The van der Waals surface area contributed by atoms with E-state index >= 15 is 0 Å². The summed E-state index contributed by atoms with van der Waals surface area (Å²) < 4.78 is 5.66. The molecule has 1 atom stereocenters. The van der Waals surface area contributed by atoms with Gasteiger partial charge in [0.25, 0.3) is 0 Å². The van der Waals surface area contributed by atoms with E-state index in [1.54, 1.807) is 0 Å². The van der Waals surface area contributed by atoms with Crippen molar-refractivity contribution >= 4 is 5.91 Å². The fourth-order valence-electron chi connectivity index (χ4n) is 3.54. The van der Waals surface area contributed by atoms with Crippen LogP contribution in [0.2, 0.25) is 0 Å². The first-order chi connectivity index (χ1) is 13.7. The Kier molecular flexibility index (Phi) is 5.48. The molecule has 2 heterocycles. The van der Waals surface area contributed by atoms with E-state index in [1.165, 1.54) is 11.1 Å². The zero-order valence-electron chi connectivity index (χ0n) is 16.0. The molecular weight excluding hydrogens is 352 g/mol. The van der Waals surface area contributed by atoms with Crippen molar-refractivity contribution in [1.82, 2.24) is 20.4 Å².